The van der Waals surface area contributed by atoms with Crippen LogP contribution in [-0.4, -0.2) is 48.2 Å². The summed E-state index contributed by atoms with van der Waals surface area (Å²) in [6.07, 6.45) is 1.76. The lowest BCUT2D eigenvalue weighted by molar-refractivity contribution is -0.145. The van der Waals surface area contributed by atoms with Gasteiger partial charge in [-0.05, 0) is 6.92 Å². The molecule has 0 saturated heterocycles. The van der Waals surface area contributed by atoms with E-state index in [1.54, 1.807) is 13.0 Å². The van der Waals surface area contributed by atoms with Gasteiger partial charge in [-0.1, -0.05) is 6.08 Å². The predicted molar refractivity (Wildman–Crippen MR) is 59.7 cm³/mol. The molecule has 0 rings (SSSR count). The molecule has 1 N–H and O–H groups in total. The third kappa shape index (κ3) is 6.19. The van der Waals surface area contributed by atoms with Crippen molar-refractivity contribution < 1.29 is 19.4 Å². The van der Waals surface area contributed by atoms with Crippen LogP contribution in [0.15, 0.2) is 12.7 Å². The summed E-state index contributed by atoms with van der Waals surface area (Å²) in [6.45, 7) is 6.10. The second kappa shape index (κ2) is 8.91. The van der Waals surface area contributed by atoms with Gasteiger partial charge in [-0.3, -0.25) is 9.59 Å². The average Bonchev–Trinajstić information content (AvgIpc) is 2.26. The molecular formula is C11H19NO4. The molecular weight excluding hydrogens is 210 g/mol. The number of rotatable bonds is 8. The Labute approximate surface area is 95.7 Å². The van der Waals surface area contributed by atoms with Crippen LogP contribution < -0.4 is 0 Å². The second-order valence-corrected chi connectivity index (χ2v) is 3.16. The summed E-state index contributed by atoms with van der Waals surface area (Å²) in [5.74, 6) is -0.555. The number of nitrogens with zero attached hydrogens (tertiary/aromatic N) is 1. The highest BCUT2D eigenvalue weighted by molar-refractivity contribution is 5.81. The van der Waals surface area contributed by atoms with Gasteiger partial charge in [0, 0.05) is 19.5 Å². The normalized spacial score (nSPS) is 9.62. The van der Waals surface area contributed by atoms with Crippen molar-refractivity contribution in [1.82, 2.24) is 4.90 Å². The molecule has 0 fully saturated rings. The molecule has 0 aliphatic heterocycles. The number of esters is 1. The van der Waals surface area contributed by atoms with Crippen molar-refractivity contribution in [2.24, 2.45) is 0 Å². The molecule has 0 bridgehead atoms. The zero-order valence-electron chi connectivity index (χ0n) is 9.65. The van der Waals surface area contributed by atoms with Gasteiger partial charge in [0.05, 0.1) is 19.6 Å². The Hall–Kier alpha value is -1.36. The summed E-state index contributed by atoms with van der Waals surface area (Å²) in [5.41, 5.74) is 0. The molecule has 0 spiro atoms. The SMILES string of the molecule is C=CCN(CCO)C(=O)CCC(=O)OCC. The average molecular weight is 229 g/mol. The van der Waals surface area contributed by atoms with Crippen molar-refractivity contribution in [2.75, 3.05) is 26.3 Å². The number of amides is 1. The van der Waals surface area contributed by atoms with Crippen LogP contribution in [0.25, 0.3) is 0 Å². The van der Waals surface area contributed by atoms with Crippen molar-refractivity contribution >= 4 is 11.9 Å². The van der Waals surface area contributed by atoms with Gasteiger partial charge in [0.1, 0.15) is 0 Å². The van der Waals surface area contributed by atoms with E-state index in [9.17, 15) is 9.59 Å². The molecule has 92 valence electrons. The Kier molecular flexibility index (Phi) is 8.15. The van der Waals surface area contributed by atoms with Gasteiger partial charge in [0.15, 0.2) is 0 Å². The highest BCUT2D eigenvalue weighted by Crippen LogP contribution is 2.00. The molecule has 1 amide bonds. The molecule has 0 aromatic heterocycles. The van der Waals surface area contributed by atoms with Crippen LogP contribution in [0.3, 0.4) is 0 Å². The smallest absolute Gasteiger partial charge is 0.306 e. The first kappa shape index (κ1) is 14.6. The van der Waals surface area contributed by atoms with Gasteiger partial charge in [-0.25, -0.2) is 0 Å². The maximum atomic E-state index is 11.6. The lowest BCUT2D eigenvalue weighted by Crippen LogP contribution is -2.33. The van der Waals surface area contributed by atoms with Gasteiger partial charge < -0.3 is 14.7 Å². The first-order valence-corrected chi connectivity index (χ1v) is 5.30. The predicted octanol–water partition coefficient (Wildman–Crippen LogP) is 0.337. The largest absolute Gasteiger partial charge is 0.466 e. The summed E-state index contributed by atoms with van der Waals surface area (Å²) >= 11 is 0. The van der Waals surface area contributed by atoms with Crippen LogP contribution in [0.2, 0.25) is 0 Å². The van der Waals surface area contributed by atoms with E-state index in [0.29, 0.717) is 13.2 Å². The van der Waals surface area contributed by atoms with E-state index >= 15 is 0 Å². The van der Waals surface area contributed by atoms with Crippen molar-refractivity contribution in [3.63, 3.8) is 0 Å². The molecule has 0 radical (unpaired) electrons. The lowest BCUT2D eigenvalue weighted by atomic mass is 10.2. The van der Waals surface area contributed by atoms with Gasteiger partial charge in [0.25, 0.3) is 0 Å². The molecule has 16 heavy (non-hydrogen) atoms. The number of aliphatic hydroxyl groups excluding tert-OH is 1. The van der Waals surface area contributed by atoms with Crippen molar-refractivity contribution in [1.29, 1.82) is 0 Å². The lowest BCUT2D eigenvalue weighted by Gasteiger charge is -2.19. The van der Waals surface area contributed by atoms with Gasteiger partial charge in [-0.2, -0.15) is 0 Å². The summed E-state index contributed by atoms with van der Waals surface area (Å²) < 4.78 is 4.71. The molecule has 5 heteroatoms. The number of ether oxygens (including phenoxy) is 1. The summed E-state index contributed by atoms with van der Waals surface area (Å²) in [6, 6.07) is 0. The van der Waals surface area contributed by atoms with Crippen LogP contribution in [-0.2, 0) is 14.3 Å². The molecule has 0 aliphatic rings. The maximum Gasteiger partial charge on any atom is 0.306 e. The summed E-state index contributed by atoms with van der Waals surface area (Å²) in [7, 11) is 0. The highest BCUT2D eigenvalue weighted by atomic mass is 16.5. The fraction of sp³-hybridized carbons (Fsp3) is 0.636. The molecule has 0 heterocycles. The van der Waals surface area contributed by atoms with Crippen LogP contribution in [0.1, 0.15) is 19.8 Å². The van der Waals surface area contributed by atoms with Crippen molar-refractivity contribution in [3.05, 3.63) is 12.7 Å². The summed E-state index contributed by atoms with van der Waals surface area (Å²) in [4.78, 5) is 24.1. The number of carbonyl (C=O) groups excluding carboxylic acids is 2. The third-order valence-electron chi connectivity index (χ3n) is 1.92. The fourth-order valence-electron chi connectivity index (χ4n) is 1.19. The zero-order valence-corrected chi connectivity index (χ0v) is 9.65. The number of aliphatic hydroxyl groups is 1. The monoisotopic (exact) mass is 229 g/mol. The second-order valence-electron chi connectivity index (χ2n) is 3.16. The van der Waals surface area contributed by atoms with E-state index in [4.69, 9.17) is 9.84 Å². The van der Waals surface area contributed by atoms with Crippen LogP contribution >= 0.6 is 0 Å². The minimum absolute atomic E-state index is 0.0751. The van der Waals surface area contributed by atoms with Gasteiger partial charge in [-0.15, -0.1) is 6.58 Å². The number of hydrogen-bond acceptors (Lipinski definition) is 4. The standard InChI is InChI=1S/C11H19NO4/c1-3-7-12(8-9-13)10(14)5-6-11(15)16-4-2/h3,13H,1,4-9H2,2H3. The molecule has 0 saturated carbocycles. The Bertz CT molecular complexity index is 240. The quantitative estimate of drug-likeness (QED) is 0.481. The minimum atomic E-state index is -0.376. The maximum absolute atomic E-state index is 11.6. The van der Waals surface area contributed by atoms with Crippen LogP contribution in [0.5, 0.6) is 0 Å². The fourth-order valence-corrected chi connectivity index (χ4v) is 1.19. The highest BCUT2D eigenvalue weighted by Gasteiger charge is 2.13. The minimum Gasteiger partial charge on any atom is -0.466 e. The molecule has 0 aliphatic carbocycles. The Balaban J connectivity index is 3.99. The molecule has 0 atom stereocenters. The topological polar surface area (TPSA) is 66.8 Å². The van der Waals surface area contributed by atoms with E-state index in [-0.39, 0.29) is 37.9 Å². The van der Waals surface area contributed by atoms with Crippen LogP contribution in [0.4, 0.5) is 0 Å². The van der Waals surface area contributed by atoms with Crippen molar-refractivity contribution in [3.8, 4) is 0 Å². The summed E-state index contributed by atoms with van der Waals surface area (Å²) in [5, 5.41) is 8.75. The Morgan fingerprint density at radius 1 is 1.44 bits per heavy atom. The third-order valence-corrected chi connectivity index (χ3v) is 1.92. The first-order chi connectivity index (χ1) is 7.65. The van der Waals surface area contributed by atoms with Gasteiger partial charge >= 0.3 is 5.97 Å². The van der Waals surface area contributed by atoms with E-state index in [2.05, 4.69) is 6.58 Å². The van der Waals surface area contributed by atoms with E-state index in [1.807, 2.05) is 0 Å². The van der Waals surface area contributed by atoms with E-state index in [0.717, 1.165) is 0 Å². The molecule has 0 aromatic carbocycles. The number of carbonyl (C=O) groups is 2. The van der Waals surface area contributed by atoms with Crippen LogP contribution in [0, 0.1) is 0 Å². The molecule has 0 unspecified atom stereocenters. The Morgan fingerprint density at radius 3 is 2.62 bits per heavy atom. The zero-order chi connectivity index (χ0) is 12.4. The Morgan fingerprint density at radius 2 is 2.12 bits per heavy atom. The van der Waals surface area contributed by atoms with Crippen molar-refractivity contribution in [2.45, 2.75) is 19.8 Å². The first-order valence-electron chi connectivity index (χ1n) is 5.30. The molecule has 5 nitrogen and oxygen atoms in total. The van der Waals surface area contributed by atoms with E-state index < -0.39 is 0 Å². The molecule has 0 aromatic rings. The number of hydrogen-bond donors (Lipinski definition) is 1. The van der Waals surface area contributed by atoms with Gasteiger partial charge in [0.2, 0.25) is 5.91 Å². The van der Waals surface area contributed by atoms with E-state index in [1.165, 1.54) is 4.90 Å².